The van der Waals surface area contributed by atoms with Crippen LogP contribution in [0.15, 0.2) is 35.9 Å². The second kappa shape index (κ2) is 8.05. The van der Waals surface area contributed by atoms with Gasteiger partial charge in [0.2, 0.25) is 0 Å². The van der Waals surface area contributed by atoms with Gasteiger partial charge in [-0.05, 0) is 50.5 Å². The smallest absolute Gasteiger partial charge is 0.161 e. The average molecular weight is 383 g/mol. The van der Waals surface area contributed by atoms with Gasteiger partial charge in [-0.3, -0.25) is 0 Å². The van der Waals surface area contributed by atoms with Crippen LogP contribution in [0.25, 0.3) is 6.08 Å². The molecule has 138 valence electrons. The molecule has 0 aliphatic heterocycles. The van der Waals surface area contributed by atoms with Gasteiger partial charge >= 0.3 is 0 Å². The van der Waals surface area contributed by atoms with E-state index in [1.54, 1.807) is 7.11 Å². The Balaban J connectivity index is 1.86. The van der Waals surface area contributed by atoms with E-state index in [4.69, 9.17) is 32.7 Å². The first kappa shape index (κ1) is 20.2. The van der Waals surface area contributed by atoms with Gasteiger partial charge in [0.25, 0.3) is 0 Å². The number of methoxy groups -OCH3 is 1. The fourth-order valence-electron chi connectivity index (χ4n) is 3.15. The largest absolute Gasteiger partial charge is 0.493 e. The number of halogens is 2. The van der Waals surface area contributed by atoms with Crippen molar-refractivity contribution in [2.24, 2.45) is 11.3 Å². The Hall–Kier alpha value is -1.12. The van der Waals surface area contributed by atoms with E-state index in [-0.39, 0.29) is 5.41 Å². The quantitative estimate of drug-likeness (QED) is 0.369. The van der Waals surface area contributed by atoms with Crippen LogP contribution in [0.5, 0.6) is 11.5 Å². The zero-order valence-electron chi connectivity index (χ0n) is 15.7. The van der Waals surface area contributed by atoms with Gasteiger partial charge in [0.05, 0.1) is 7.11 Å². The van der Waals surface area contributed by atoms with Gasteiger partial charge in [0.1, 0.15) is 10.9 Å². The summed E-state index contributed by atoms with van der Waals surface area (Å²) in [5, 5.41) is 0. The molecule has 2 rings (SSSR count). The topological polar surface area (TPSA) is 18.5 Å². The van der Waals surface area contributed by atoms with Crippen molar-refractivity contribution < 1.29 is 9.47 Å². The summed E-state index contributed by atoms with van der Waals surface area (Å²) in [7, 11) is 1.66. The molecule has 25 heavy (non-hydrogen) atoms. The summed E-state index contributed by atoms with van der Waals surface area (Å²) in [4.78, 5) is 0. The molecule has 1 fully saturated rings. The number of allylic oxidation sites excluding steroid dienone is 2. The van der Waals surface area contributed by atoms with Crippen LogP contribution in [0.4, 0.5) is 0 Å². The Morgan fingerprint density at radius 3 is 2.48 bits per heavy atom. The van der Waals surface area contributed by atoms with E-state index in [2.05, 4.69) is 26.8 Å². The fraction of sp³-hybridized carbons (Fsp3) is 0.524. The number of ether oxygens (including phenoxy) is 2. The Labute approximate surface area is 161 Å². The number of rotatable bonds is 8. The Bertz CT molecular complexity index is 646. The molecule has 1 saturated carbocycles. The van der Waals surface area contributed by atoms with Crippen LogP contribution < -0.4 is 9.47 Å². The molecule has 0 saturated heterocycles. The summed E-state index contributed by atoms with van der Waals surface area (Å²) < 4.78 is 10.7. The zero-order chi connectivity index (χ0) is 18.7. The van der Waals surface area contributed by atoms with Crippen LogP contribution in [0.3, 0.4) is 0 Å². The molecule has 0 bridgehead atoms. The van der Waals surface area contributed by atoms with Crippen LogP contribution >= 0.6 is 23.2 Å². The van der Waals surface area contributed by atoms with E-state index in [0.29, 0.717) is 12.5 Å². The summed E-state index contributed by atoms with van der Waals surface area (Å²) in [5.41, 5.74) is 2.39. The third-order valence-electron chi connectivity index (χ3n) is 5.13. The molecule has 0 spiro atoms. The lowest BCUT2D eigenvalue weighted by Crippen LogP contribution is -1.98. The Kier molecular flexibility index (Phi) is 6.51. The lowest BCUT2D eigenvalue weighted by molar-refractivity contribution is 0.325. The molecule has 1 aromatic rings. The average Bonchev–Trinajstić information content (AvgIpc) is 2.95. The Morgan fingerprint density at radius 1 is 1.24 bits per heavy atom. The van der Waals surface area contributed by atoms with Gasteiger partial charge in [-0.2, -0.15) is 0 Å². The van der Waals surface area contributed by atoms with Crippen molar-refractivity contribution in [3.8, 4) is 11.5 Å². The molecule has 1 atom stereocenters. The highest BCUT2D eigenvalue weighted by Crippen LogP contribution is 2.70. The van der Waals surface area contributed by atoms with Crippen LogP contribution in [-0.4, -0.2) is 18.1 Å². The molecular formula is C21H28Cl2O2. The standard InChI is InChI=1S/C21H28Cl2O2/c1-6-7-16-9-10-17(18(14-16)24-5)25-13-12-15(2)8-11-19-20(3,4)21(19,22)23/h6-7,9-10,12,14,19H,8,11,13H2,1-5H3. The highest BCUT2D eigenvalue weighted by atomic mass is 35.5. The summed E-state index contributed by atoms with van der Waals surface area (Å²) >= 11 is 12.7. The summed E-state index contributed by atoms with van der Waals surface area (Å²) in [6, 6.07) is 5.94. The summed E-state index contributed by atoms with van der Waals surface area (Å²) in [6.45, 7) is 8.89. The van der Waals surface area contributed by atoms with E-state index in [0.717, 1.165) is 29.9 Å². The first-order valence-electron chi connectivity index (χ1n) is 8.71. The highest BCUT2D eigenvalue weighted by molar-refractivity contribution is 6.51. The minimum atomic E-state index is -0.578. The van der Waals surface area contributed by atoms with Crippen molar-refractivity contribution >= 4 is 29.3 Å². The van der Waals surface area contributed by atoms with Crippen molar-refractivity contribution in [3.63, 3.8) is 0 Å². The van der Waals surface area contributed by atoms with E-state index in [1.807, 2.05) is 37.3 Å². The van der Waals surface area contributed by atoms with E-state index < -0.39 is 4.33 Å². The van der Waals surface area contributed by atoms with Crippen molar-refractivity contribution in [1.82, 2.24) is 0 Å². The number of benzene rings is 1. The summed E-state index contributed by atoms with van der Waals surface area (Å²) in [5.74, 6) is 1.85. The molecule has 1 aliphatic carbocycles. The number of hydrogen-bond donors (Lipinski definition) is 0. The van der Waals surface area contributed by atoms with Crippen LogP contribution in [0.2, 0.25) is 0 Å². The molecule has 1 unspecified atom stereocenters. The maximum atomic E-state index is 6.34. The third-order valence-corrected chi connectivity index (χ3v) is 6.63. The Morgan fingerprint density at radius 2 is 1.92 bits per heavy atom. The van der Waals surface area contributed by atoms with Crippen LogP contribution in [0.1, 0.15) is 46.1 Å². The maximum Gasteiger partial charge on any atom is 0.161 e. The van der Waals surface area contributed by atoms with Crippen LogP contribution in [-0.2, 0) is 0 Å². The first-order valence-corrected chi connectivity index (χ1v) is 9.46. The minimum Gasteiger partial charge on any atom is -0.493 e. The third kappa shape index (κ3) is 4.54. The molecule has 0 amide bonds. The van der Waals surface area contributed by atoms with Crippen molar-refractivity contribution in [2.45, 2.75) is 44.9 Å². The molecule has 4 heteroatoms. The first-order chi connectivity index (χ1) is 11.7. The SMILES string of the molecule is CC=Cc1ccc(OCC=C(C)CCC2C(C)(C)C2(Cl)Cl)c(OC)c1. The van der Waals surface area contributed by atoms with Crippen molar-refractivity contribution in [2.75, 3.05) is 13.7 Å². The van der Waals surface area contributed by atoms with Crippen LogP contribution in [0, 0.1) is 11.3 Å². The predicted molar refractivity (Wildman–Crippen MR) is 108 cm³/mol. The number of alkyl halides is 2. The van der Waals surface area contributed by atoms with Gasteiger partial charge in [-0.15, -0.1) is 23.2 Å². The van der Waals surface area contributed by atoms with Gasteiger partial charge in [0.15, 0.2) is 11.5 Å². The normalized spacial score (nSPS) is 21.4. The molecular weight excluding hydrogens is 355 g/mol. The second-order valence-electron chi connectivity index (χ2n) is 7.21. The maximum absolute atomic E-state index is 6.34. The summed E-state index contributed by atoms with van der Waals surface area (Å²) in [6.07, 6.45) is 8.13. The fourth-order valence-corrected chi connectivity index (χ4v) is 4.06. The van der Waals surface area contributed by atoms with Gasteiger partial charge in [0, 0.05) is 11.3 Å². The van der Waals surface area contributed by atoms with E-state index in [1.165, 1.54) is 5.57 Å². The zero-order valence-corrected chi connectivity index (χ0v) is 17.2. The van der Waals surface area contributed by atoms with Gasteiger partial charge in [-0.1, -0.05) is 37.6 Å². The molecule has 1 aromatic carbocycles. The monoisotopic (exact) mass is 382 g/mol. The molecule has 0 N–H and O–H groups in total. The lowest BCUT2D eigenvalue weighted by Gasteiger charge is -2.10. The molecule has 0 radical (unpaired) electrons. The molecule has 0 aromatic heterocycles. The lowest BCUT2D eigenvalue weighted by atomic mass is 10.0. The number of hydrogen-bond acceptors (Lipinski definition) is 2. The predicted octanol–water partition coefficient (Wildman–Crippen LogP) is 6.66. The van der Waals surface area contributed by atoms with Gasteiger partial charge < -0.3 is 9.47 Å². The minimum absolute atomic E-state index is 0.00887. The van der Waals surface area contributed by atoms with E-state index >= 15 is 0 Å². The van der Waals surface area contributed by atoms with Gasteiger partial charge in [-0.25, -0.2) is 0 Å². The van der Waals surface area contributed by atoms with Crippen molar-refractivity contribution in [3.05, 3.63) is 41.5 Å². The molecule has 0 heterocycles. The highest BCUT2D eigenvalue weighted by Gasteiger charge is 2.69. The van der Waals surface area contributed by atoms with E-state index in [9.17, 15) is 0 Å². The molecule has 1 aliphatic rings. The second-order valence-corrected chi connectivity index (χ2v) is 8.59. The molecule has 2 nitrogen and oxygen atoms in total. The van der Waals surface area contributed by atoms with Crippen molar-refractivity contribution in [1.29, 1.82) is 0 Å².